The molecule has 0 aromatic heterocycles. The molecule has 3 rings (SSSR count). The van der Waals surface area contributed by atoms with E-state index in [2.05, 4.69) is 5.32 Å². The first-order valence-electron chi connectivity index (χ1n) is 11.7. The van der Waals surface area contributed by atoms with Crippen LogP contribution in [0.25, 0.3) is 0 Å². The fourth-order valence-corrected chi connectivity index (χ4v) is 5.54. The number of carbonyl (C=O) groups excluding carboxylic acids is 2. The molecule has 4 nitrogen and oxygen atoms in total. The van der Waals surface area contributed by atoms with E-state index < -0.39 is 6.04 Å². The van der Waals surface area contributed by atoms with Gasteiger partial charge in [0, 0.05) is 23.4 Å². The average molecular weight is 542 g/mol. The van der Waals surface area contributed by atoms with Gasteiger partial charge < -0.3 is 10.2 Å². The summed E-state index contributed by atoms with van der Waals surface area (Å²) in [4.78, 5) is 28.3. The molecule has 2 amide bonds. The molecular formula is C26H31Cl3N2O2S. The Morgan fingerprint density at radius 3 is 2.32 bits per heavy atom. The van der Waals surface area contributed by atoms with Crippen LogP contribution in [-0.2, 0) is 21.9 Å². The monoisotopic (exact) mass is 540 g/mol. The van der Waals surface area contributed by atoms with Gasteiger partial charge in [0.1, 0.15) is 6.04 Å². The highest BCUT2D eigenvalue weighted by Crippen LogP contribution is 2.25. The Labute approximate surface area is 221 Å². The molecule has 2 aromatic rings. The zero-order valence-electron chi connectivity index (χ0n) is 19.4. The second kappa shape index (κ2) is 13.6. The minimum atomic E-state index is -0.542. The SMILES string of the molecule is CC[C@@H](C(=O)NC1CCCCC1)N(Cc1ccc(Cl)c(Cl)c1)C(=O)CSCc1ccc(Cl)cc1. The molecule has 0 spiro atoms. The first-order chi connectivity index (χ1) is 16.4. The van der Waals surface area contributed by atoms with Crippen molar-refractivity contribution in [2.45, 2.75) is 69.8 Å². The predicted octanol–water partition coefficient (Wildman–Crippen LogP) is 7.14. The summed E-state index contributed by atoms with van der Waals surface area (Å²) in [7, 11) is 0. The molecule has 0 unspecified atom stereocenters. The molecule has 1 aliphatic rings. The van der Waals surface area contributed by atoms with Gasteiger partial charge in [-0.1, -0.05) is 79.2 Å². The lowest BCUT2D eigenvalue weighted by molar-refractivity contribution is -0.139. The van der Waals surface area contributed by atoms with E-state index in [1.54, 1.807) is 17.0 Å². The zero-order chi connectivity index (χ0) is 24.5. The minimum Gasteiger partial charge on any atom is -0.352 e. The average Bonchev–Trinajstić information content (AvgIpc) is 2.83. The van der Waals surface area contributed by atoms with Crippen LogP contribution in [-0.4, -0.2) is 34.6 Å². The summed E-state index contributed by atoms with van der Waals surface area (Å²) in [6, 6.07) is 12.6. The highest BCUT2D eigenvalue weighted by Gasteiger charge is 2.30. The van der Waals surface area contributed by atoms with Crippen molar-refractivity contribution in [1.82, 2.24) is 10.2 Å². The fraction of sp³-hybridized carbons (Fsp3) is 0.462. The van der Waals surface area contributed by atoms with E-state index in [1.165, 1.54) is 18.2 Å². The van der Waals surface area contributed by atoms with Crippen LogP contribution >= 0.6 is 46.6 Å². The Hall–Kier alpha value is -1.40. The van der Waals surface area contributed by atoms with Crippen molar-refractivity contribution < 1.29 is 9.59 Å². The molecule has 184 valence electrons. The van der Waals surface area contributed by atoms with Gasteiger partial charge in [-0.25, -0.2) is 0 Å². The number of nitrogens with zero attached hydrogens (tertiary/aromatic N) is 1. The van der Waals surface area contributed by atoms with E-state index in [0.29, 0.717) is 33.8 Å². The van der Waals surface area contributed by atoms with Crippen molar-refractivity contribution in [3.63, 3.8) is 0 Å². The van der Waals surface area contributed by atoms with E-state index in [9.17, 15) is 9.59 Å². The highest BCUT2D eigenvalue weighted by atomic mass is 35.5. The van der Waals surface area contributed by atoms with Gasteiger partial charge in [0.25, 0.3) is 0 Å². The summed E-state index contributed by atoms with van der Waals surface area (Å²) in [5.41, 5.74) is 1.94. The number of benzene rings is 2. The van der Waals surface area contributed by atoms with Crippen molar-refractivity contribution >= 4 is 58.4 Å². The lowest BCUT2D eigenvalue weighted by atomic mass is 9.95. The van der Waals surface area contributed by atoms with E-state index >= 15 is 0 Å². The van der Waals surface area contributed by atoms with Gasteiger partial charge in [-0.3, -0.25) is 9.59 Å². The molecule has 0 saturated heterocycles. The molecule has 1 aliphatic carbocycles. The minimum absolute atomic E-state index is 0.0734. The summed E-state index contributed by atoms with van der Waals surface area (Å²) in [6.45, 7) is 2.24. The van der Waals surface area contributed by atoms with Crippen LogP contribution in [0.2, 0.25) is 15.1 Å². The molecule has 1 saturated carbocycles. The number of rotatable bonds is 10. The van der Waals surface area contributed by atoms with Crippen LogP contribution in [0.15, 0.2) is 42.5 Å². The van der Waals surface area contributed by atoms with E-state index in [-0.39, 0.29) is 23.6 Å². The number of nitrogens with one attached hydrogen (secondary N) is 1. The Morgan fingerprint density at radius 1 is 1.00 bits per heavy atom. The van der Waals surface area contributed by atoms with Crippen LogP contribution in [0.4, 0.5) is 0 Å². The fourth-order valence-electron chi connectivity index (χ4n) is 4.22. The van der Waals surface area contributed by atoms with Crippen LogP contribution in [0.1, 0.15) is 56.6 Å². The van der Waals surface area contributed by atoms with Gasteiger partial charge in [-0.2, -0.15) is 0 Å². The maximum absolute atomic E-state index is 13.4. The molecule has 0 bridgehead atoms. The van der Waals surface area contributed by atoms with Gasteiger partial charge in [-0.15, -0.1) is 11.8 Å². The highest BCUT2D eigenvalue weighted by molar-refractivity contribution is 7.99. The summed E-state index contributed by atoms with van der Waals surface area (Å²) in [5.74, 6) is 0.812. The Morgan fingerprint density at radius 2 is 1.68 bits per heavy atom. The van der Waals surface area contributed by atoms with E-state index in [0.717, 1.165) is 36.8 Å². The summed E-state index contributed by atoms with van der Waals surface area (Å²) in [5, 5.41) is 4.78. The summed E-state index contributed by atoms with van der Waals surface area (Å²) >= 11 is 19.8. The number of hydrogen-bond acceptors (Lipinski definition) is 3. The molecular weight excluding hydrogens is 511 g/mol. The molecule has 0 radical (unpaired) electrons. The van der Waals surface area contributed by atoms with Gasteiger partial charge in [0.2, 0.25) is 11.8 Å². The standard InChI is InChI=1S/C26H31Cl3N2O2S/c1-2-24(26(33)30-21-6-4-3-5-7-21)31(15-19-10-13-22(28)23(29)14-19)25(32)17-34-16-18-8-11-20(27)12-9-18/h8-14,21,24H,2-7,15-17H2,1H3,(H,30,33)/t24-/m0/s1. The molecule has 8 heteroatoms. The summed E-state index contributed by atoms with van der Waals surface area (Å²) < 4.78 is 0. The van der Waals surface area contributed by atoms with Crippen LogP contribution < -0.4 is 5.32 Å². The first kappa shape index (κ1) is 27.2. The van der Waals surface area contributed by atoms with Crippen LogP contribution in [0.5, 0.6) is 0 Å². The number of halogens is 3. The largest absolute Gasteiger partial charge is 0.352 e. The van der Waals surface area contributed by atoms with Gasteiger partial charge >= 0.3 is 0 Å². The first-order valence-corrected chi connectivity index (χ1v) is 14.0. The third-order valence-corrected chi connectivity index (χ3v) is 8.06. The Bertz CT molecular complexity index is 965. The van der Waals surface area contributed by atoms with Crippen LogP contribution in [0.3, 0.4) is 0 Å². The molecule has 0 heterocycles. The van der Waals surface area contributed by atoms with Crippen molar-refractivity contribution in [1.29, 1.82) is 0 Å². The third-order valence-electron chi connectivity index (χ3n) is 6.08. The third kappa shape index (κ3) is 8.08. The maximum atomic E-state index is 13.4. The predicted molar refractivity (Wildman–Crippen MR) is 144 cm³/mol. The molecule has 34 heavy (non-hydrogen) atoms. The number of thioether (sulfide) groups is 1. The van der Waals surface area contributed by atoms with Crippen LogP contribution in [0, 0.1) is 0 Å². The topological polar surface area (TPSA) is 49.4 Å². The van der Waals surface area contributed by atoms with E-state index in [4.69, 9.17) is 34.8 Å². The summed E-state index contributed by atoms with van der Waals surface area (Å²) in [6.07, 6.45) is 6.02. The van der Waals surface area contributed by atoms with Crippen molar-refractivity contribution in [2.24, 2.45) is 0 Å². The van der Waals surface area contributed by atoms with Crippen molar-refractivity contribution in [2.75, 3.05) is 5.75 Å². The second-order valence-corrected chi connectivity index (χ2v) is 10.9. The molecule has 1 atom stereocenters. The molecule has 1 fully saturated rings. The maximum Gasteiger partial charge on any atom is 0.243 e. The van der Waals surface area contributed by atoms with Crippen molar-refractivity contribution in [3.8, 4) is 0 Å². The van der Waals surface area contributed by atoms with Crippen molar-refractivity contribution in [3.05, 3.63) is 68.7 Å². The number of hydrogen-bond donors (Lipinski definition) is 1. The molecule has 0 aliphatic heterocycles. The lowest BCUT2D eigenvalue weighted by Gasteiger charge is -2.33. The number of carbonyl (C=O) groups is 2. The second-order valence-electron chi connectivity index (χ2n) is 8.66. The quantitative estimate of drug-likeness (QED) is 0.348. The van der Waals surface area contributed by atoms with Gasteiger partial charge in [0.05, 0.1) is 15.8 Å². The molecule has 2 aromatic carbocycles. The molecule has 1 N–H and O–H groups in total. The Balaban J connectivity index is 1.71. The van der Waals surface area contributed by atoms with Gasteiger partial charge in [-0.05, 0) is 54.7 Å². The number of amides is 2. The Kier molecular flexibility index (Phi) is 10.9. The smallest absolute Gasteiger partial charge is 0.243 e. The normalized spacial score (nSPS) is 15.1. The van der Waals surface area contributed by atoms with Gasteiger partial charge in [0.15, 0.2) is 0 Å². The van der Waals surface area contributed by atoms with E-state index in [1.807, 2.05) is 37.3 Å². The lowest BCUT2D eigenvalue weighted by Crippen LogP contribution is -2.52. The zero-order valence-corrected chi connectivity index (χ0v) is 22.5.